The molecular weight excluding hydrogens is 332 g/mol. The van der Waals surface area contributed by atoms with Crippen molar-refractivity contribution in [2.75, 3.05) is 20.1 Å². The number of carboxylic acid groups (broad SMARTS) is 1. The van der Waals surface area contributed by atoms with Crippen LogP contribution < -0.4 is 0 Å². The predicted molar refractivity (Wildman–Crippen MR) is 99.0 cm³/mol. The normalized spacial score (nSPS) is 18.5. The fourth-order valence-electron chi connectivity index (χ4n) is 3.73. The fourth-order valence-corrected chi connectivity index (χ4v) is 3.73. The average molecular weight is 358 g/mol. The molecule has 6 heteroatoms. The average Bonchev–Trinajstić information content (AvgIpc) is 2.79. The first-order valence-electron chi connectivity index (χ1n) is 9.07. The molecule has 0 aliphatic carbocycles. The number of fused-ring (bicyclic) bond motifs is 1. The molecule has 1 N–H and O–H groups in total. The number of hydrogen-bond acceptors (Lipinski definition) is 4. The molecule has 3 rings (SSSR count). The Bertz CT molecular complexity index is 827. The number of aliphatic carboxylic acids is 1. The Labute approximate surface area is 153 Å². The lowest BCUT2D eigenvalue weighted by atomic mass is 10.1. The van der Waals surface area contributed by atoms with Crippen LogP contribution in [0, 0.1) is 13.8 Å². The molecule has 140 valence electrons. The molecule has 1 fully saturated rings. The van der Waals surface area contributed by atoms with Crippen LogP contribution in [0.5, 0.6) is 0 Å². The van der Waals surface area contributed by atoms with E-state index in [4.69, 9.17) is 9.52 Å². The van der Waals surface area contributed by atoms with E-state index in [9.17, 15) is 9.59 Å². The summed E-state index contributed by atoms with van der Waals surface area (Å²) >= 11 is 0. The van der Waals surface area contributed by atoms with E-state index in [1.54, 1.807) is 0 Å². The molecule has 6 nitrogen and oxygen atoms in total. The fraction of sp³-hybridized carbons (Fsp3) is 0.500. The minimum atomic E-state index is -0.967. The highest BCUT2D eigenvalue weighted by Crippen LogP contribution is 2.29. The Morgan fingerprint density at radius 2 is 2.12 bits per heavy atom. The van der Waals surface area contributed by atoms with Crippen molar-refractivity contribution in [1.29, 1.82) is 0 Å². The highest BCUT2D eigenvalue weighted by atomic mass is 16.4. The Kier molecular flexibility index (Phi) is 5.32. The van der Waals surface area contributed by atoms with Gasteiger partial charge in [-0.05, 0) is 51.3 Å². The predicted octanol–water partition coefficient (Wildman–Crippen LogP) is 2.95. The molecule has 1 saturated heterocycles. The van der Waals surface area contributed by atoms with Gasteiger partial charge in [0, 0.05) is 11.9 Å². The molecule has 2 aromatic rings. The van der Waals surface area contributed by atoms with Crippen LogP contribution in [0.2, 0.25) is 0 Å². The molecule has 1 aromatic heterocycles. The van der Waals surface area contributed by atoms with Crippen molar-refractivity contribution >= 4 is 22.8 Å². The van der Waals surface area contributed by atoms with Crippen molar-refractivity contribution < 1.29 is 19.1 Å². The van der Waals surface area contributed by atoms with Gasteiger partial charge in [0.25, 0.3) is 0 Å². The summed E-state index contributed by atoms with van der Waals surface area (Å²) in [5.74, 6) is -0.207. The van der Waals surface area contributed by atoms with Gasteiger partial charge in [-0.3, -0.25) is 14.5 Å². The first-order chi connectivity index (χ1) is 12.4. The standard InChI is InChI=1S/C20H26N2O4/c1-13-7-6-8-15-14(2)17(26-19(13)15)11-21(3)16-9-4-5-10-22(20(16)25)12-18(23)24/h6-8,16H,4-5,9-12H2,1-3H3,(H,23,24). The number of likely N-dealkylation sites (N-methyl/N-ethyl adjacent to an activating group) is 1. The van der Waals surface area contributed by atoms with Gasteiger partial charge in [-0.2, -0.15) is 0 Å². The minimum absolute atomic E-state index is 0.0997. The molecular formula is C20H26N2O4. The van der Waals surface area contributed by atoms with E-state index in [-0.39, 0.29) is 18.5 Å². The summed E-state index contributed by atoms with van der Waals surface area (Å²) in [6, 6.07) is 5.78. The number of para-hydroxylation sites is 1. The lowest BCUT2D eigenvalue weighted by molar-refractivity contribution is -0.146. The van der Waals surface area contributed by atoms with Gasteiger partial charge in [0.15, 0.2) is 0 Å². The summed E-state index contributed by atoms with van der Waals surface area (Å²) in [5.41, 5.74) is 3.09. The molecule has 1 aliphatic rings. The summed E-state index contributed by atoms with van der Waals surface area (Å²) in [6.45, 7) is 4.87. The number of carbonyl (C=O) groups excluding carboxylic acids is 1. The number of likely N-dealkylation sites (tertiary alicyclic amines) is 1. The van der Waals surface area contributed by atoms with Crippen LogP contribution in [-0.2, 0) is 16.1 Å². The maximum absolute atomic E-state index is 12.8. The lowest BCUT2D eigenvalue weighted by Crippen LogP contribution is -2.47. The Hall–Kier alpha value is -2.34. The summed E-state index contributed by atoms with van der Waals surface area (Å²) in [4.78, 5) is 27.3. The second-order valence-corrected chi connectivity index (χ2v) is 7.18. The van der Waals surface area contributed by atoms with Gasteiger partial charge in [0.05, 0.1) is 12.6 Å². The van der Waals surface area contributed by atoms with Gasteiger partial charge < -0.3 is 14.4 Å². The van der Waals surface area contributed by atoms with Crippen molar-refractivity contribution in [1.82, 2.24) is 9.80 Å². The zero-order chi connectivity index (χ0) is 18.8. The summed E-state index contributed by atoms with van der Waals surface area (Å²) < 4.78 is 6.09. The van der Waals surface area contributed by atoms with Gasteiger partial charge >= 0.3 is 5.97 Å². The van der Waals surface area contributed by atoms with Crippen LogP contribution >= 0.6 is 0 Å². The molecule has 1 aliphatic heterocycles. The molecule has 2 heterocycles. The number of benzene rings is 1. The van der Waals surface area contributed by atoms with E-state index in [2.05, 4.69) is 6.07 Å². The van der Waals surface area contributed by atoms with Crippen molar-refractivity contribution in [3.63, 3.8) is 0 Å². The molecule has 1 unspecified atom stereocenters. The third-order valence-corrected chi connectivity index (χ3v) is 5.26. The molecule has 0 spiro atoms. The topological polar surface area (TPSA) is 74.0 Å². The van der Waals surface area contributed by atoms with E-state index in [0.29, 0.717) is 13.1 Å². The second-order valence-electron chi connectivity index (χ2n) is 7.18. The Morgan fingerprint density at radius 3 is 2.81 bits per heavy atom. The quantitative estimate of drug-likeness (QED) is 0.889. The van der Waals surface area contributed by atoms with Crippen molar-refractivity contribution in [2.45, 2.75) is 45.7 Å². The largest absolute Gasteiger partial charge is 0.480 e. The Morgan fingerprint density at radius 1 is 1.35 bits per heavy atom. The Balaban J connectivity index is 1.81. The van der Waals surface area contributed by atoms with E-state index in [1.165, 1.54) is 4.90 Å². The maximum atomic E-state index is 12.8. The molecule has 1 atom stereocenters. The van der Waals surface area contributed by atoms with Crippen LogP contribution in [0.15, 0.2) is 22.6 Å². The van der Waals surface area contributed by atoms with Gasteiger partial charge in [-0.1, -0.05) is 18.2 Å². The highest BCUT2D eigenvalue weighted by Gasteiger charge is 2.31. The number of rotatable bonds is 5. The summed E-state index contributed by atoms with van der Waals surface area (Å²) in [6.07, 6.45) is 2.49. The van der Waals surface area contributed by atoms with Gasteiger partial charge in [0.1, 0.15) is 17.9 Å². The zero-order valence-electron chi connectivity index (χ0n) is 15.6. The monoisotopic (exact) mass is 358 g/mol. The third kappa shape index (κ3) is 3.60. The van der Waals surface area contributed by atoms with Crippen LogP contribution in [-0.4, -0.2) is 53.0 Å². The van der Waals surface area contributed by atoms with E-state index < -0.39 is 5.97 Å². The third-order valence-electron chi connectivity index (χ3n) is 5.26. The first-order valence-corrected chi connectivity index (χ1v) is 9.07. The van der Waals surface area contributed by atoms with Crippen LogP contribution in [0.25, 0.3) is 11.0 Å². The van der Waals surface area contributed by atoms with Gasteiger partial charge in [-0.15, -0.1) is 0 Å². The number of amides is 1. The maximum Gasteiger partial charge on any atom is 0.323 e. The number of nitrogens with zero attached hydrogens (tertiary/aromatic N) is 2. The number of carbonyl (C=O) groups is 2. The molecule has 0 saturated carbocycles. The van der Waals surface area contributed by atoms with E-state index in [1.807, 2.05) is 37.9 Å². The van der Waals surface area contributed by atoms with Crippen LogP contribution in [0.4, 0.5) is 0 Å². The highest BCUT2D eigenvalue weighted by molar-refractivity contribution is 5.86. The molecule has 1 amide bonds. The van der Waals surface area contributed by atoms with Crippen molar-refractivity contribution in [3.05, 3.63) is 35.1 Å². The molecule has 0 radical (unpaired) electrons. The SMILES string of the molecule is Cc1c(CN(C)C2CCCCN(CC(=O)O)C2=O)oc2c(C)cccc12. The van der Waals surface area contributed by atoms with Crippen LogP contribution in [0.3, 0.4) is 0 Å². The lowest BCUT2D eigenvalue weighted by Gasteiger charge is -2.29. The molecule has 1 aromatic carbocycles. The minimum Gasteiger partial charge on any atom is -0.480 e. The first kappa shape index (κ1) is 18.5. The van der Waals surface area contributed by atoms with Gasteiger partial charge in [0.2, 0.25) is 5.91 Å². The number of hydrogen-bond donors (Lipinski definition) is 1. The molecule has 0 bridgehead atoms. The summed E-state index contributed by atoms with van der Waals surface area (Å²) in [5, 5.41) is 10.2. The van der Waals surface area contributed by atoms with Crippen LogP contribution in [0.1, 0.15) is 36.1 Å². The van der Waals surface area contributed by atoms with Gasteiger partial charge in [-0.25, -0.2) is 0 Å². The van der Waals surface area contributed by atoms with E-state index in [0.717, 1.165) is 47.1 Å². The smallest absolute Gasteiger partial charge is 0.323 e. The molecule has 26 heavy (non-hydrogen) atoms. The van der Waals surface area contributed by atoms with Crippen molar-refractivity contribution in [2.24, 2.45) is 0 Å². The number of carboxylic acids is 1. The number of furan rings is 1. The van der Waals surface area contributed by atoms with Crippen molar-refractivity contribution in [3.8, 4) is 0 Å². The summed E-state index contributed by atoms with van der Waals surface area (Å²) in [7, 11) is 1.91. The number of aryl methyl sites for hydroxylation is 2. The zero-order valence-corrected chi connectivity index (χ0v) is 15.6. The van der Waals surface area contributed by atoms with E-state index >= 15 is 0 Å². The second kappa shape index (κ2) is 7.50.